The zero-order valence-electron chi connectivity index (χ0n) is 13.6. The van der Waals surface area contributed by atoms with E-state index in [9.17, 15) is 26.3 Å². The molecule has 0 unspecified atom stereocenters. The first-order valence-electron chi connectivity index (χ1n) is 7.55. The van der Waals surface area contributed by atoms with Gasteiger partial charge in [-0.15, -0.1) is 0 Å². The summed E-state index contributed by atoms with van der Waals surface area (Å²) >= 11 is 0. The first kappa shape index (κ1) is 27.9. The summed E-state index contributed by atoms with van der Waals surface area (Å²) in [6.45, 7) is -1.49. The summed E-state index contributed by atoms with van der Waals surface area (Å²) in [6, 6.07) is 0. The van der Waals surface area contributed by atoms with Crippen molar-refractivity contribution in [1.29, 1.82) is 0 Å². The van der Waals surface area contributed by atoms with E-state index in [0.29, 0.717) is 0 Å². The van der Waals surface area contributed by atoms with Crippen LogP contribution in [0, 0.1) is 38.0 Å². The van der Waals surface area contributed by atoms with Gasteiger partial charge in [0, 0.05) is 16.8 Å². The van der Waals surface area contributed by atoms with Crippen LogP contribution in [0.5, 0.6) is 0 Å². The van der Waals surface area contributed by atoms with Crippen LogP contribution in [-0.4, -0.2) is 0 Å². The second-order valence-corrected chi connectivity index (χ2v) is 5.53. The largest absolute Gasteiger partial charge is 0.385 e. The Kier molecular flexibility index (Phi) is 24.4. The minimum Gasteiger partial charge on any atom is -0.385 e. The van der Waals surface area contributed by atoms with Crippen LogP contribution in [0.1, 0.15) is 65.2 Å². The van der Waals surface area contributed by atoms with Gasteiger partial charge in [-0.1, -0.05) is 39.5 Å². The zero-order valence-corrected chi connectivity index (χ0v) is 14.6. The second kappa shape index (κ2) is 20.1. The molecule has 0 N–H and O–H groups in total. The van der Waals surface area contributed by atoms with Gasteiger partial charge in [-0.3, -0.25) is 0 Å². The Bertz CT molecular complexity index is 177. The normalized spacial score (nSPS) is 18.5. The van der Waals surface area contributed by atoms with Gasteiger partial charge in [0.05, 0.1) is 0 Å². The number of hydrogen-bond acceptors (Lipinski definition) is 0. The quantitative estimate of drug-likeness (QED) is 0.297. The third-order valence-electron chi connectivity index (χ3n) is 3.45. The molecule has 0 atom stereocenters. The molecule has 0 amide bonds. The van der Waals surface area contributed by atoms with E-state index in [-0.39, 0.29) is 16.8 Å². The fourth-order valence-corrected chi connectivity index (χ4v) is 2.19. The first-order valence-corrected chi connectivity index (χ1v) is 7.55. The molecule has 2 aliphatic rings. The molecule has 0 saturated heterocycles. The van der Waals surface area contributed by atoms with Gasteiger partial charge < -0.3 is 39.2 Å². The predicted molar refractivity (Wildman–Crippen MR) is 77.0 cm³/mol. The Morgan fingerprint density at radius 2 is 0.783 bits per heavy atom. The Morgan fingerprint density at radius 1 is 0.609 bits per heavy atom. The minimum absolute atomic E-state index is 0. The summed E-state index contributed by atoms with van der Waals surface area (Å²) in [5.74, 6) is 2.01. The summed E-state index contributed by atoms with van der Waals surface area (Å²) < 4.78 is 57.5. The molecule has 2 aliphatic carbocycles. The van der Waals surface area contributed by atoms with Crippen LogP contribution in [0.25, 0.3) is 0 Å². The average Bonchev–Trinajstić information content (AvgIpc) is 2.40. The summed E-state index contributed by atoms with van der Waals surface area (Å²) in [5, 5.41) is 0. The monoisotopic (exact) mass is 391 g/mol. The fraction of sp³-hybridized carbons (Fsp3) is 0.750. The van der Waals surface area contributed by atoms with Crippen molar-refractivity contribution >= 4 is 0 Å². The summed E-state index contributed by atoms with van der Waals surface area (Å²) in [7, 11) is 0. The van der Waals surface area contributed by atoms with Crippen molar-refractivity contribution in [2.24, 2.45) is 11.8 Å². The van der Waals surface area contributed by atoms with Crippen molar-refractivity contribution in [1.82, 2.24) is 0 Å². The van der Waals surface area contributed by atoms with Gasteiger partial charge in [0.25, 0.3) is 0 Å². The molecule has 2 rings (SSSR count). The van der Waals surface area contributed by atoms with Gasteiger partial charge in [-0.25, -0.2) is 0 Å². The van der Waals surface area contributed by atoms with Crippen LogP contribution in [0.3, 0.4) is 0 Å². The number of halogens is 6. The maximum absolute atomic E-state index is 9.58. The van der Waals surface area contributed by atoms with E-state index < -0.39 is 13.4 Å². The maximum Gasteiger partial charge on any atom is 0.154 e. The Labute approximate surface area is 147 Å². The molecule has 2 saturated carbocycles. The van der Waals surface area contributed by atoms with Crippen LogP contribution in [-0.2, 0) is 16.8 Å². The van der Waals surface area contributed by atoms with Crippen LogP contribution >= 0.6 is 0 Å². The van der Waals surface area contributed by atoms with Crippen LogP contribution < -0.4 is 0 Å². The average molecular weight is 391 g/mol. The summed E-state index contributed by atoms with van der Waals surface area (Å²) in [4.78, 5) is 0. The molecule has 0 bridgehead atoms. The van der Waals surface area contributed by atoms with E-state index in [1.54, 1.807) is 0 Å². The number of hydrogen-bond donors (Lipinski definition) is 0. The van der Waals surface area contributed by atoms with Gasteiger partial charge in [0.15, 0.2) is 13.4 Å². The predicted octanol–water partition coefficient (Wildman–Crippen LogP) is 7.48. The first-order chi connectivity index (χ1) is 10.3. The van der Waals surface area contributed by atoms with E-state index in [4.69, 9.17) is 0 Å². The molecule has 23 heavy (non-hydrogen) atoms. The third-order valence-corrected chi connectivity index (χ3v) is 3.45. The standard InChI is InChI=1S/2C7H13.2CF3.Co/c2*1-7-5-3-2-4-6-7;2*2-1(3)4;/h2*2,7H,3-6H2,1H3;;;/q4*-1;. The molecule has 0 heterocycles. The van der Waals surface area contributed by atoms with Crippen molar-refractivity contribution in [3.63, 3.8) is 0 Å². The maximum atomic E-state index is 9.58. The van der Waals surface area contributed by atoms with E-state index in [0.717, 1.165) is 11.8 Å². The Hall–Kier alpha value is 0.0865. The van der Waals surface area contributed by atoms with Crippen molar-refractivity contribution in [2.75, 3.05) is 0 Å². The molecule has 1 radical (unpaired) electrons. The molecular formula is C16H26CoF6-4. The smallest absolute Gasteiger partial charge is 0.154 e. The molecule has 0 aromatic rings. The van der Waals surface area contributed by atoms with Crippen LogP contribution in [0.4, 0.5) is 26.3 Å². The van der Waals surface area contributed by atoms with E-state index in [2.05, 4.69) is 26.7 Å². The summed E-state index contributed by atoms with van der Waals surface area (Å²) in [5.41, 5.74) is 0. The van der Waals surface area contributed by atoms with E-state index in [1.165, 1.54) is 51.4 Å². The summed E-state index contributed by atoms with van der Waals surface area (Å²) in [6.07, 6.45) is 16.0. The molecule has 2 fully saturated rings. The Morgan fingerprint density at radius 3 is 0.870 bits per heavy atom. The molecule has 0 nitrogen and oxygen atoms in total. The molecular weight excluding hydrogens is 365 g/mol. The topological polar surface area (TPSA) is 0 Å². The second-order valence-electron chi connectivity index (χ2n) is 5.53. The molecule has 0 aromatic heterocycles. The zero-order chi connectivity index (χ0) is 17.4. The van der Waals surface area contributed by atoms with Gasteiger partial charge >= 0.3 is 0 Å². The fourth-order valence-electron chi connectivity index (χ4n) is 2.19. The third kappa shape index (κ3) is 34.4. The van der Waals surface area contributed by atoms with Gasteiger partial charge in [0.2, 0.25) is 0 Å². The van der Waals surface area contributed by atoms with Crippen molar-refractivity contribution < 1.29 is 43.1 Å². The van der Waals surface area contributed by atoms with Gasteiger partial charge in [-0.05, 0) is 11.8 Å². The Balaban J connectivity index is -0.000000238. The van der Waals surface area contributed by atoms with Crippen LogP contribution in [0.15, 0.2) is 0 Å². The molecule has 145 valence electrons. The minimum atomic E-state index is -3.08. The van der Waals surface area contributed by atoms with Crippen molar-refractivity contribution in [3.05, 3.63) is 26.2 Å². The van der Waals surface area contributed by atoms with Gasteiger partial charge in [0.1, 0.15) is 0 Å². The van der Waals surface area contributed by atoms with Crippen LogP contribution in [0.2, 0.25) is 0 Å². The molecule has 0 aromatic carbocycles. The number of rotatable bonds is 0. The van der Waals surface area contributed by atoms with Crippen molar-refractivity contribution in [3.8, 4) is 0 Å². The van der Waals surface area contributed by atoms with Crippen molar-refractivity contribution in [2.45, 2.75) is 65.2 Å². The molecule has 0 spiro atoms. The van der Waals surface area contributed by atoms with E-state index >= 15 is 0 Å². The molecule has 0 aliphatic heterocycles. The van der Waals surface area contributed by atoms with E-state index in [1.807, 2.05) is 0 Å². The SMILES string of the molecule is CC1CC[CH-]CC1.CC1CC[CH-]CC1.F[C-](F)F.F[C-](F)F.[Co]. The van der Waals surface area contributed by atoms with Gasteiger partial charge in [-0.2, -0.15) is 25.7 Å². The molecule has 7 heteroatoms.